The molecule has 3 aromatic carbocycles. The van der Waals surface area contributed by atoms with Gasteiger partial charge in [-0.2, -0.15) is 0 Å². The van der Waals surface area contributed by atoms with E-state index in [1.807, 2.05) is 24.3 Å². The van der Waals surface area contributed by atoms with Crippen molar-refractivity contribution in [2.45, 2.75) is 6.42 Å². The highest BCUT2D eigenvalue weighted by atomic mass is 16.2. The van der Waals surface area contributed by atoms with Gasteiger partial charge in [-0.25, -0.2) is 0 Å². The molecular formula is C22H19N3O3. The van der Waals surface area contributed by atoms with Crippen LogP contribution in [0.1, 0.15) is 16.8 Å². The van der Waals surface area contributed by atoms with Crippen LogP contribution < -0.4 is 16.0 Å². The SMILES string of the molecule is O=C(CC(=O)Nc1ccccc1C(=O)Nc1ccccc1)Nc1ccccc1. The van der Waals surface area contributed by atoms with Gasteiger partial charge in [-0.05, 0) is 36.4 Å². The van der Waals surface area contributed by atoms with Gasteiger partial charge in [0.2, 0.25) is 11.8 Å². The fraction of sp³-hybridized carbons (Fsp3) is 0.0455. The van der Waals surface area contributed by atoms with Crippen LogP contribution in [0.15, 0.2) is 84.9 Å². The number of rotatable bonds is 6. The fourth-order valence-electron chi connectivity index (χ4n) is 2.58. The van der Waals surface area contributed by atoms with Crippen LogP contribution in [-0.4, -0.2) is 17.7 Å². The predicted octanol–water partition coefficient (Wildman–Crippen LogP) is 3.91. The third kappa shape index (κ3) is 5.28. The average molecular weight is 373 g/mol. The number of nitrogens with one attached hydrogen (secondary N) is 3. The normalized spacial score (nSPS) is 10.0. The Bertz CT molecular complexity index is 973. The zero-order chi connectivity index (χ0) is 19.8. The van der Waals surface area contributed by atoms with Crippen molar-refractivity contribution in [3.63, 3.8) is 0 Å². The number of carbonyl (C=O) groups excluding carboxylic acids is 3. The Balaban J connectivity index is 1.63. The Morgan fingerprint density at radius 2 is 1.07 bits per heavy atom. The van der Waals surface area contributed by atoms with Crippen molar-refractivity contribution < 1.29 is 14.4 Å². The number of benzene rings is 3. The average Bonchev–Trinajstić information content (AvgIpc) is 2.69. The van der Waals surface area contributed by atoms with Crippen LogP contribution in [0, 0.1) is 0 Å². The standard InChI is InChI=1S/C22H19N3O3/c26-20(23-16-9-3-1-4-10-16)15-21(27)25-19-14-8-7-13-18(19)22(28)24-17-11-5-2-6-12-17/h1-14H,15H2,(H,23,26)(H,24,28)(H,25,27). The van der Waals surface area contributed by atoms with Crippen LogP contribution in [0.4, 0.5) is 17.1 Å². The molecule has 3 aromatic rings. The maximum Gasteiger partial charge on any atom is 0.257 e. The van der Waals surface area contributed by atoms with Crippen LogP contribution in [-0.2, 0) is 9.59 Å². The van der Waals surface area contributed by atoms with E-state index in [1.165, 1.54) is 0 Å². The van der Waals surface area contributed by atoms with Gasteiger partial charge in [-0.3, -0.25) is 14.4 Å². The van der Waals surface area contributed by atoms with Crippen LogP contribution in [0.5, 0.6) is 0 Å². The van der Waals surface area contributed by atoms with E-state index < -0.39 is 11.8 Å². The molecule has 6 heteroatoms. The lowest BCUT2D eigenvalue weighted by Crippen LogP contribution is -2.23. The first-order valence-electron chi connectivity index (χ1n) is 8.72. The molecule has 0 radical (unpaired) electrons. The van der Waals surface area contributed by atoms with E-state index in [0.717, 1.165) is 0 Å². The van der Waals surface area contributed by atoms with E-state index in [0.29, 0.717) is 22.6 Å². The molecule has 0 spiro atoms. The lowest BCUT2D eigenvalue weighted by Gasteiger charge is -2.11. The van der Waals surface area contributed by atoms with Crippen molar-refractivity contribution in [2.24, 2.45) is 0 Å². The van der Waals surface area contributed by atoms with E-state index in [9.17, 15) is 14.4 Å². The molecule has 0 heterocycles. The molecule has 6 nitrogen and oxygen atoms in total. The minimum atomic E-state index is -0.506. The van der Waals surface area contributed by atoms with E-state index in [-0.39, 0.29) is 12.3 Å². The second kappa shape index (κ2) is 9.14. The predicted molar refractivity (Wildman–Crippen MR) is 109 cm³/mol. The van der Waals surface area contributed by atoms with Crippen molar-refractivity contribution in [1.29, 1.82) is 0 Å². The Morgan fingerprint density at radius 1 is 0.571 bits per heavy atom. The van der Waals surface area contributed by atoms with Crippen molar-refractivity contribution >= 4 is 34.8 Å². The van der Waals surface area contributed by atoms with Crippen molar-refractivity contribution in [1.82, 2.24) is 0 Å². The van der Waals surface area contributed by atoms with Gasteiger partial charge in [0.1, 0.15) is 6.42 Å². The molecule has 3 N–H and O–H groups in total. The fourth-order valence-corrected chi connectivity index (χ4v) is 2.58. The highest BCUT2D eigenvalue weighted by molar-refractivity contribution is 6.13. The van der Waals surface area contributed by atoms with Crippen molar-refractivity contribution in [3.8, 4) is 0 Å². The number of para-hydroxylation sites is 3. The van der Waals surface area contributed by atoms with Crippen LogP contribution in [0.3, 0.4) is 0 Å². The Labute approximate surface area is 162 Å². The molecule has 3 rings (SSSR count). The summed E-state index contributed by atoms with van der Waals surface area (Å²) in [4.78, 5) is 36.8. The van der Waals surface area contributed by atoms with Crippen molar-refractivity contribution in [3.05, 3.63) is 90.5 Å². The van der Waals surface area contributed by atoms with Gasteiger partial charge >= 0.3 is 0 Å². The molecular weight excluding hydrogens is 354 g/mol. The lowest BCUT2D eigenvalue weighted by molar-refractivity contribution is -0.123. The molecule has 28 heavy (non-hydrogen) atoms. The second-order valence-corrected chi connectivity index (χ2v) is 6.00. The van der Waals surface area contributed by atoms with Gasteiger partial charge < -0.3 is 16.0 Å². The third-order valence-electron chi connectivity index (χ3n) is 3.86. The van der Waals surface area contributed by atoms with Crippen LogP contribution >= 0.6 is 0 Å². The van der Waals surface area contributed by atoms with Gasteiger partial charge in [0.25, 0.3) is 5.91 Å². The molecule has 0 unspecified atom stereocenters. The van der Waals surface area contributed by atoms with Gasteiger partial charge in [0.15, 0.2) is 0 Å². The summed E-state index contributed by atoms with van der Waals surface area (Å²) in [6, 6.07) is 24.5. The number of amides is 3. The molecule has 0 fully saturated rings. The summed E-state index contributed by atoms with van der Waals surface area (Å²) in [6.07, 6.45) is -0.358. The number of hydrogen-bond acceptors (Lipinski definition) is 3. The molecule has 0 aromatic heterocycles. The minimum absolute atomic E-state index is 0.308. The van der Waals surface area contributed by atoms with E-state index in [4.69, 9.17) is 0 Å². The summed E-state index contributed by atoms with van der Waals surface area (Å²) in [7, 11) is 0. The summed E-state index contributed by atoms with van der Waals surface area (Å²) >= 11 is 0. The molecule has 0 saturated carbocycles. The van der Waals surface area contributed by atoms with Gasteiger partial charge in [0, 0.05) is 11.4 Å². The Hall–Kier alpha value is -3.93. The smallest absolute Gasteiger partial charge is 0.257 e. The largest absolute Gasteiger partial charge is 0.326 e. The molecule has 140 valence electrons. The van der Waals surface area contributed by atoms with Gasteiger partial charge in [0.05, 0.1) is 11.3 Å². The molecule has 0 aliphatic carbocycles. The molecule has 0 bridgehead atoms. The highest BCUT2D eigenvalue weighted by Gasteiger charge is 2.15. The zero-order valence-electron chi connectivity index (χ0n) is 15.0. The summed E-state index contributed by atoms with van der Waals surface area (Å²) in [5, 5.41) is 8.06. The second-order valence-electron chi connectivity index (χ2n) is 6.00. The van der Waals surface area contributed by atoms with Crippen LogP contribution in [0.25, 0.3) is 0 Å². The molecule has 0 aliphatic rings. The quantitative estimate of drug-likeness (QED) is 0.573. The summed E-state index contributed by atoms with van der Waals surface area (Å²) in [5.41, 5.74) is 1.91. The summed E-state index contributed by atoms with van der Waals surface area (Å²) in [5.74, 6) is -1.29. The number of hydrogen-bond donors (Lipinski definition) is 3. The summed E-state index contributed by atoms with van der Waals surface area (Å²) in [6.45, 7) is 0. The third-order valence-corrected chi connectivity index (χ3v) is 3.86. The van der Waals surface area contributed by atoms with Crippen LogP contribution in [0.2, 0.25) is 0 Å². The monoisotopic (exact) mass is 373 g/mol. The van der Waals surface area contributed by atoms with Crippen molar-refractivity contribution in [2.75, 3.05) is 16.0 Å². The molecule has 0 saturated heterocycles. The van der Waals surface area contributed by atoms with E-state index in [2.05, 4.69) is 16.0 Å². The topological polar surface area (TPSA) is 87.3 Å². The lowest BCUT2D eigenvalue weighted by atomic mass is 10.1. The van der Waals surface area contributed by atoms with E-state index in [1.54, 1.807) is 60.7 Å². The van der Waals surface area contributed by atoms with Gasteiger partial charge in [-0.15, -0.1) is 0 Å². The van der Waals surface area contributed by atoms with E-state index >= 15 is 0 Å². The first-order valence-corrected chi connectivity index (χ1v) is 8.72. The molecule has 3 amide bonds. The molecule has 0 atom stereocenters. The Morgan fingerprint density at radius 3 is 1.71 bits per heavy atom. The first-order chi connectivity index (χ1) is 13.6. The number of carbonyl (C=O) groups is 3. The maximum atomic E-state index is 12.5. The summed E-state index contributed by atoms with van der Waals surface area (Å²) < 4.78 is 0. The minimum Gasteiger partial charge on any atom is -0.326 e. The first kappa shape index (κ1) is 18.8. The molecule has 0 aliphatic heterocycles. The number of anilines is 3. The Kier molecular flexibility index (Phi) is 6.15. The highest BCUT2D eigenvalue weighted by Crippen LogP contribution is 2.18. The zero-order valence-corrected chi connectivity index (χ0v) is 15.0. The maximum absolute atomic E-state index is 12.5. The van der Waals surface area contributed by atoms with Gasteiger partial charge in [-0.1, -0.05) is 48.5 Å².